The largest absolute Gasteiger partial charge is 0.0683 e. The van der Waals surface area contributed by atoms with E-state index in [2.05, 4.69) is 121 Å². The van der Waals surface area contributed by atoms with Crippen LogP contribution in [-0.4, -0.2) is 0 Å². The van der Waals surface area contributed by atoms with E-state index in [1.165, 1.54) is 11.1 Å². The van der Waals surface area contributed by atoms with Crippen LogP contribution >= 0.6 is 0 Å². The summed E-state index contributed by atoms with van der Waals surface area (Å²) < 4.78 is 0. The highest BCUT2D eigenvalue weighted by Gasteiger charge is 2.48. The third-order valence-corrected chi connectivity index (χ3v) is 9.20. The Labute approximate surface area is 192 Å². The van der Waals surface area contributed by atoms with Crippen LogP contribution in [0.25, 0.3) is 0 Å². The van der Waals surface area contributed by atoms with Crippen LogP contribution < -0.4 is 0 Å². The maximum atomic E-state index is 2.41. The molecule has 0 aliphatic rings. The van der Waals surface area contributed by atoms with E-state index < -0.39 is 0 Å². The van der Waals surface area contributed by atoms with Crippen molar-refractivity contribution in [3.8, 4) is 0 Å². The van der Waals surface area contributed by atoms with E-state index in [1.54, 1.807) is 0 Å². The molecule has 0 heterocycles. The van der Waals surface area contributed by atoms with Crippen LogP contribution in [0.3, 0.4) is 0 Å². The monoisotopic (exact) mass is 418 g/mol. The van der Waals surface area contributed by atoms with Gasteiger partial charge in [-0.25, -0.2) is 0 Å². The van der Waals surface area contributed by atoms with E-state index >= 15 is 0 Å². The third kappa shape index (κ3) is 5.72. The second kappa shape index (κ2) is 10.2. The Balaban J connectivity index is 0. The minimum atomic E-state index is 0.105. The van der Waals surface area contributed by atoms with Gasteiger partial charge in [-0.2, -0.15) is 0 Å². The summed E-state index contributed by atoms with van der Waals surface area (Å²) >= 11 is 0. The average molecular weight is 419 g/mol. The molecule has 1 aromatic rings. The minimum absolute atomic E-state index is 0.105. The zero-order valence-electron chi connectivity index (χ0n) is 24.3. The zero-order valence-corrected chi connectivity index (χ0v) is 24.3. The standard InChI is InChI=1S/C26H46.2C2H6/c1-21(2,3)25(11,12)23(7,8)19-15-17-20(18-16-19)24(9,10)26(13,14)22(4,5)6;2*1-2/h15-18H,1-14H3;2*1-2H3. The molecular weight excluding hydrogens is 360 g/mol. The zero-order chi connectivity index (χ0) is 25.0. The highest BCUT2D eigenvalue weighted by Crippen LogP contribution is 2.54. The molecule has 0 saturated heterocycles. The molecule has 0 aromatic heterocycles. The van der Waals surface area contributed by atoms with Gasteiger partial charge in [0, 0.05) is 0 Å². The molecule has 0 spiro atoms. The predicted octanol–water partition coefficient (Wildman–Crippen LogP) is 10.4. The summed E-state index contributed by atoms with van der Waals surface area (Å²) in [5.41, 5.74) is 3.92. The Morgan fingerprint density at radius 1 is 0.367 bits per heavy atom. The van der Waals surface area contributed by atoms with E-state index in [1.807, 2.05) is 27.7 Å². The molecule has 0 amide bonds. The number of rotatable bonds is 4. The summed E-state index contributed by atoms with van der Waals surface area (Å²) in [6.45, 7) is 41.4. The molecule has 0 nitrogen and oxygen atoms in total. The first-order chi connectivity index (χ1) is 13.2. The fourth-order valence-electron chi connectivity index (χ4n) is 3.90. The van der Waals surface area contributed by atoms with Gasteiger partial charge in [0.1, 0.15) is 0 Å². The normalized spacial score (nSPS) is 13.7. The van der Waals surface area contributed by atoms with Gasteiger partial charge < -0.3 is 0 Å². The summed E-state index contributed by atoms with van der Waals surface area (Å²) in [5.74, 6) is 0. The van der Waals surface area contributed by atoms with Crippen molar-refractivity contribution in [2.75, 3.05) is 0 Å². The minimum Gasteiger partial charge on any atom is -0.0683 e. The number of hydrogen-bond acceptors (Lipinski definition) is 0. The Morgan fingerprint density at radius 3 is 0.667 bits per heavy atom. The van der Waals surface area contributed by atoms with Gasteiger partial charge in [-0.05, 0) is 43.6 Å². The maximum absolute atomic E-state index is 2.41. The van der Waals surface area contributed by atoms with Crippen molar-refractivity contribution in [1.29, 1.82) is 0 Å². The molecule has 0 aliphatic carbocycles. The molecule has 0 N–H and O–H groups in total. The first kappa shape index (κ1) is 31.4. The second-order valence-corrected chi connectivity index (χ2v) is 12.6. The molecule has 0 aliphatic heterocycles. The van der Waals surface area contributed by atoms with E-state index in [-0.39, 0.29) is 32.5 Å². The fourth-order valence-corrected chi connectivity index (χ4v) is 3.90. The maximum Gasteiger partial charge on any atom is -0.00474 e. The van der Waals surface area contributed by atoms with Crippen molar-refractivity contribution in [2.45, 2.75) is 135 Å². The van der Waals surface area contributed by atoms with Crippen molar-refractivity contribution in [1.82, 2.24) is 0 Å². The van der Waals surface area contributed by atoms with Gasteiger partial charge in [0.05, 0.1) is 0 Å². The molecule has 178 valence electrons. The summed E-state index contributed by atoms with van der Waals surface area (Å²) in [6.07, 6.45) is 0. The lowest BCUT2D eigenvalue weighted by molar-refractivity contribution is 0.0436. The van der Waals surface area contributed by atoms with Crippen LogP contribution in [0.1, 0.15) is 136 Å². The summed E-state index contributed by atoms with van der Waals surface area (Å²) in [6, 6.07) is 9.51. The molecule has 0 saturated carbocycles. The Morgan fingerprint density at radius 2 is 0.533 bits per heavy atom. The molecule has 1 aromatic carbocycles. The van der Waals surface area contributed by atoms with Gasteiger partial charge in [0.15, 0.2) is 0 Å². The van der Waals surface area contributed by atoms with Gasteiger partial charge >= 0.3 is 0 Å². The molecule has 30 heavy (non-hydrogen) atoms. The lowest BCUT2D eigenvalue weighted by Gasteiger charge is -2.52. The fraction of sp³-hybridized carbons (Fsp3) is 0.800. The third-order valence-electron chi connectivity index (χ3n) is 9.20. The molecule has 0 unspecified atom stereocenters. The van der Waals surface area contributed by atoms with Crippen LogP contribution in [0.15, 0.2) is 24.3 Å². The Bertz CT molecular complexity index is 550. The Kier molecular flexibility index (Phi) is 10.7. The summed E-state index contributed by atoms with van der Waals surface area (Å²) in [7, 11) is 0. The summed E-state index contributed by atoms with van der Waals surface area (Å²) in [4.78, 5) is 0. The second-order valence-electron chi connectivity index (χ2n) is 12.6. The van der Waals surface area contributed by atoms with Crippen LogP contribution in [0, 0.1) is 21.7 Å². The van der Waals surface area contributed by atoms with Crippen LogP contribution in [0.2, 0.25) is 0 Å². The Hall–Kier alpha value is -0.780. The average Bonchev–Trinajstić information content (AvgIpc) is 2.63. The quantitative estimate of drug-likeness (QED) is 0.456. The first-order valence-corrected chi connectivity index (χ1v) is 12.3. The van der Waals surface area contributed by atoms with E-state index in [0.29, 0.717) is 0 Å². The van der Waals surface area contributed by atoms with Crippen molar-refractivity contribution >= 4 is 0 Å². The van der Waals surface area contributed by atoms with Crippen LogP contribution in [0.5, 0.6) is 0 Å². The molecule has 0 heteroatoms. The lowest BCUT2D eigenvalue weighted by Crippen LogP contribution is -2.46. The lowest BCUT2D eigenvalue weighted by atomic mass is 9.52. The number of hydrogen-bond donors (Lipinski definition) is 0. The predicted molar refractivity (Wildman–Crippen MR) is 142 cm³/mol. The van der Waals surface area contributed by atoms with Gasteiger partial charge in [0.25, 0.3) is 0 Å². The molecule has 0 radical (unpaired) electrons. The highest BCUT2D eigenvalue weighted by molar-refractivity contribution is 5.35. The van der Waals surface area contributed by atoms with Crippen molar-refractivity contribution in [3.63, 3.8) is 0 Å². The molecular formula is C30H58. The van der Waals surface area contributed by atoms with E-state index in [0.717, 1.165) is 0 Å². The first-order valence-electron chi connectivity index (χ1n) is 12.3. The highest BCUT2D eigenvalue weighted by atomic mass is 14.5. The topological polar surface area (TPSA) is 0 Å². The van der Waals surface area contributed by atoms with Crippen LogP contribution in [0.4, 0.5) is 0 Å². The number of benzene rings is 1. The van der Waals surface area contributed by atoms with Crippen LogP contribution in [-0.2, 0) is 10.8 Å². The van der Waals surface area contributed by atoms with Gasteiger partial charge in [0.2, 0.25) is 0 Å². The van der Waals surface area contributed by atoms with Crippen molar-refractivity contribution in [3.05, 3.63) is 35.4 Å². The molecule has 1 rings (SSSR count). The van der Waals surface area contributed by atoms with Crippen molar-refractivity contribution < 1.29 is 0 Å². The smallest absolute Gasteiger partial charge is 0.00474 e. The molecule has 0 fully saturated rings. The van der Waals surface area contributed by atoms with Gasteiger partial charge in [-0.1, -0.05) is 149 Å². The SMILES string of the molecule is CC.CC.CC(C)(C)C(C)(C)C(C)(C)c1ccc(C(C)(C)C(C)(C)C(C)(C)C)cc1. The molecule has 0 atom stereocenters. The summed E-state index contributed by atoms with van der Waals surface area (Å²) in [5, 5.41) is 0. The van der Waals surface area contributed by atoms with Gasteiger partial charge in [-0.3, -0.25) is 0 Å². The van der Waals surface area contributed by atoms with Crippen molar-refractivity contribution in [2.24, 2.45) is 21.7 Å². The molecule has 0 bridgehead atoms. The van der Waals surface area contributed by atoms with E-state index in [9.17, 15) is 0 Å². The van der Waals surface area contributed by atoms with E-state index in [4.69, 9.17) is 0 Å². The van der Waals surface area contributed by atoms with Gasteiger partial charge in [-0.15, -0.1) is 0 Å².